The Morgan fingerprint density at radius 2 is 2.07 bits per heavy atom. The number of aliphatic hydroxyl groups excluding tert-OH is 1. The Morgan fingerprint density at radius 3 is 2.64 bits per heavy atom. The van der Waals surface area contributed by atoms with E-state index in [0.29, 0.717) is 0 Å². The molecule has 0 aliphatic heterocycles. The van der Waals surface area contributed by atoms with Gasteiger partial charge in [-0.2, -0.15) is 0 Å². The van der Waals surface area contributed by atoms with E-state index in [4.69, 9.17) is 15.6 Å². The van der Waals surface area contributed by atoms with Gasteiger partial charge in [0, 0.05) is 0 Å². The molecule has 0 saturated carbocycles. The summed E-state index contributed by atoms with van der Waals surface area (Å²) in [6.07, 6.45) is -1.31. The van der Waals surface area contributed by atoms with Crippen LogP contribution in [0.15, 0.2) is 30.3 Å². The Balaban J connectivity index is 2.31. The number of carbonyl (C=O) groups excluding carboxylic acids is 1. The highest BCUT2D eigenvalue weighted by atomic mass is 16.5. The molecule has 0 heterocycles. The van der Waals surface area contributed by atoms with Crippen molar-refractivity contribution in [1.29, 1.82) is 0 Å². The minimum Gasteiger partial charge on any atom is -0.461 e. The van der Waals surface area contributed by atoms with Crippen LogP contribution in [0.2, 0.25) is 0 Å². The van der Waals surface area contributed by atoms with Gasteiger partial charge >= 0.3 is 5.97 Å². The van der Waals surface area contributed by atoms with Gasteiger partial charge in [0.1, 0.15) is 12.8 Å². The molecule has 0 amide bonds. The monoisotopic (exact) mass is 195 g/mol. The van der Waals surface area contributed by atoms with E-state index in [9.17, 15) is 4.79 Å². The fourth-order valence-electron chi connectivity index (χ4n) is 0.968. The molecule has 0 spiro atoms. The lowest BCUT2D eigenvalue weighted by Crippen LogP contribution is -2.23. The summed E-state index contributed by atoms with van der Waals surface area (Å²) in [6.45, 7) is 0.215. The number of rotatable bonds is 4. The highest BCUT2D eigenvalue weighted by Gasteiger charge is 2.07. The summed E-state index contributed by atoms with van der Waals surface area (Å²) >= 11 is 0. The van der Waals surface area contributed by atoms with Gasteiger partial charge in [0.15, 0.2) is 0 Å². The predicted molar refractivity (Wildman–Crippen MR) is 51.0 cm³/mol. The number of benzene rings is 1. The molecule has 76 valence electrons. The number of esters is 1. The van der Waals surface area contributed by atoms with Crippen LogP contribution >= 0.6 is 0 Å². The maximum Gasteiger partial charge on any atom is 0.310 e. The summed E-state index contributed by atoms with van der Waals surface area (Å²) in [5.41, 5.74) is 5.93. The van der Waals surface area contributed by atoms with Crippen LogP contribution in [-0.4, -0.2) is 17.3 Å². The fourth-order valence-corrected chi connectivity index (χ4v) is 0.968. The molecule has 1 aromatic rings. The molecule has 1 rings (SSSR count). The van der Waals surface area contributed by atoms with E-state index < -0.39 is 12.2 Å². The van der Waals surface area contributed by atoms with E-state index in [1.807, 2.05) is 30.3 Å². The van der Waals surface area contributed by atoms with Gasteiger partial charge in [0.05, 0.1) is 6.42 Å². The lowest BCUT2D eigenvalue weighted by molar-refractivity contribution is -0.147. The standard InChI is InChI=1S/C10H13NO3/c11-9(12)6-10(13)14-7-8-4-2-1-3-5-8/h1-5,9,12H,6-7,11H2. The molecule has 1 unspecified atom stereocenters. The van der Waals surface area contributed by atoms with Gasteiger partial charge < -0.3 is 15.6 Å². The average Bonchev–Trinajstić information content (AvgIpc) is 2.15. The smallest absolute Gasteiger partial charge is 0.310 e. The number of hydrogen-bond acceptors (Lipinski definition) is 4. The zero-order valence-corrected chi connectivity index (χ0v) is 7.72. The second-order valence-electron chi connectivity index (χ2n) is 2.92. The van der Waals surface area contributed by atoms with Crippen LogP contribution in [-0.2, 0) is 16.1 Å². The van der Waals surface area contributed by atoms with Gasteiger partial charge in [-0.05, 0) is 5.56 Å². The first-order valence-corrected chi connectivity index (χ1v) is 4.31. The van der Waals surface area contributed by atoms with E-state index in [2.05, 4.69) is 0 Å². The van der Waals surface area contributed by atoms with Crippen LogP contribution in [0.25, 0.3) is 0 Å². The van der Waals surface area contributed by atoms with Gasteiger partial charge in [-0.1, -0.05) is 30.3 Å². The minimum atomic E-state index is -1.14. The van der Waals surface area contributed by atoms with E-state index in [0.717, 1.165) is 5.56 Å². The van der Waals surface area contributed by atoms with Crippen molar-refractivity contribution in [3.63, 3.8) is 0 Å². The molecule has 0 aliphatic carbocycles. The molecule has 14 heavy (non-hydrogen) atoms. The third-order valence-corrected chi connectivity index (χ3v) is 1.62. The predicted octanol–water partition coefficient (Wildman–Crippen LogP) is 0.397. The Labute approximate surface area is 82.3 Å². The van der Waals surface area contributed by atoms with Gasteiger partial charge in [-0.25, -0.2) is 0 Å². The Bertz CT molecular complexity index is 285. The SMILES string of the molecule is NC(O)CC(=O)OCc1ccccc1. The fraction of sp³-hybridized carbons (Fsp3) is 0.300. The second-order valence-corrected chi connectivity index (χ2v) is 2.92. The lowest BCUT2D eigenvalue weighted by Gasteiger charge is -2.05. The molecule has 0 radical (unpaired) electrons. The first kappa shape index (κ1) is 10.7. The van der Waals surface area contributed by atoms with E-state index in [1.165, 1.54) is 0 Å². The molecule has 0 aliphatic rings. The van der Waals surface area contributed by atoms with Crippen molar-refractivity contribution in [2.45, 2.75) is 19.3 Å². The normalized spacial score (nSPS) is 12.1. The molecular weight excluding hydrogens is 182 g/mol. The van der Waals surface area contributed by atoms with Gasteiger partial charge in [0.25, 0.3) is 0 Å². The number of hydrogen-bond donors (Lipinski definition) is 2. The lowest BCUT2D eigenvalue weighted by atomic mass is 10.2. The van der Waals surface area contributed by atoms with Gasteiger partial charge in [0.2, 0.25) is 0 Å². The summed E-state index contributed by atoms with van der Waals surface area (Å²) in [7, 11) is 0. The molecule has 4 heteroatoms. The third-order valence-electron chi connectivity index (χ3n) is 1.62. The van der Waals surface area contributed by atoms with Crippen LogP contribution < -0.4 is 5.73 Å². The van der Waals surface area contributed by atoms with Crippen molar-refractivity contribution in [3.05, 3.63) is 35.9 Å². The Hall–Kier alpha value is -1.39. The van der Waals surface area contributed by atoms with Crippen molar-refractivity contribution in [2.24, 2.45) is 5.73 Å². The molecule has 0 fully saturated rings. The molecule has 1 aromatic carbocycles. The van der Waals surface area contributed by atoms with Crippen molar-refractivity contribution >= 4 is 5.97 Å². The summed E-state index contributed by atoms with van der Waals surface area (Å²) in [4.78, 5) is 11.0. The number of ether oxygens (including phenoxy) is 1. The van der Waals surface area contributed by atoms with Crippen LogP contribution in [0.4, 0.5) is 0 Å². The maximum absolute atomic E-state index is 11.0. The maximum atomic E-state index is 11.0. The summed E-state index contributed by atoms with van der Waals surface area (Å²) in [6, 6.07) is 9.31. The van der Waals surface area contributed by atoms with Crippen LogP contribution in [0.5, 0.6) is 0 Å². The zero-order valence-electron chi connectivity index (χ0n) is 7.72. The van der Waals surface area contributed by atoms with Crippen LogP contribution in [0, 0.1) is 0 Å². The number of aliphatic hydroxyl groups is 1. The molecule has 0 aromatic heterocycles. The van der Waals surface area contributed by atoms with Crippen molar-refractivity contribution < 1.29 is 14.6 Å². The Morgan fingerprint density at radius 1 is 1.43 bits per heavy atom. The zero-order chi connectivity index (χ0) is 10.4. The van der Waals surface area contributed by atoms with Gasteiger partial charge in [-0.3, -0.25) is 4.79 Å². The highest BCUT2D eigenvalue weighted by Crippen LogP contribution is 2.01. The number of carbonyl (C=O) groups is 1. The highest BCUT2D eigenvalue weighted by molar-refractivity contribution is 5.69. The Kier molecular flexibility index (Phi) is 4.10. The number of nitrogens with two attached hydrogens (primary N) is 1. The van der Waals surface area contributed by atoms with E-state index in [1.54, 1.807) is 0 Å². The summed E-state index contributed by atoms with van der Waals surface area (Å²) in [5.74, 6) is -0.496. The third kappa shape index (κ3) is 4.02. The van der Waals surface area contributed by atoms with E-state index >= 15 is 0 Å². The molecular formula is C10H13NO3. The van der Waals surface area contributed by atoms with Crippen LogP contribution in [0.3, 0.4) is 0 Å². The molecule has 0 saturated heterocycles. The van der Waals surface area contributed by atoms with Crippen LogP contribution in [0.1, 0.15) is 12.0 Å². The average molecular weight is 195 g/mol. The van der Waals surface area contributed by atoms with E-state index in [-0.39, 0.29) is 13.0 Å². The first-order valence-electron chi connectivity index (χ1n) is 4.31. The van der Waals surface area contributed by atoms with Gasteiger partial charge in [-0.15, -0.1) is 0 Å². The largest absolute Gasteiger partial charge is 0.461 e. The summed E-state index contributed by atoms with van der Waals surface area (Å²) < 4.78 is 4.86. The molecule has 1 atom stereocenters. The molecule has 0 bridgehead atoms. The summed E-state index contributed by atoms with van der Waals surface area (Å²) in [5, 5.41) is 8.70. The van der Waals surface area contributed by atoms with Crippen molar-refractivity contribution in [3.8, 4) is 0 Å². The van der Waals surface area contributed by atoms with Crippen molar-refractivity contribution in [1.82, 2.24) is 0 Å². The second kappa shape index (κ2) is 5.36. The van der Waals surface area contributed by atoms with Crippen molar-refractivity contribution in [2.75, 3.05) is 0 Å². The minimum absolute atomic E-state index is 0.174. The quantitative estimate of drug-likeness (QED) is 0.538. The topological polar surface area (TPSA) is 72.5 Å². The first-order chi connectivity index (χ1) is 6.68. The molecule has 4 nitrogen and oxygen atoms in total. The molecule has 3 N–H and O–H groups in total.